The maximum absolute atomic E-state index is 12.8. The van der Waals surface area contributed by atoms with E-state index in [9.17, 15) is 4.79 Å². The van der Waals surface area contributed by atoms with Gasteiger partial charge in [0.15, 0.2) is 0 Å². The number of hydrogen-bond donors (Lipinski definition) is 1. The Hall–Kier alpha value is -1.85. The number of benzene rings is 1. The van der Waals surface area contributed by atoms with Gasteiger partial charge in [-0.15, -0.1) is 0 Å². The van der Waals surface area contributed by atoms with Crippen LogP contribution in [0, 0.1) is 5.92 Å². The first-order valence-electron chi connectivity index (χ1n) is 10.4. The van der Waals surface area contributed by atoms with Crippen LogP contribution in [-0.2, 0) is 11.3 Å². The van der Waals surface area contributed by atoms with Gasteiger partial charge in [0, 0.05) is 43.5 Å². The molecule has 1 amide bonds. The molecule has 0 bridgehead atoms. The van der Waals surface area contributed by atoms with E-state index in [1.165, 1.54) is 45.2 Å². The molecule has 1 aromatic heterocycles. The maximum atomic E-state index is 12.8. The fraction of sp³-hybridized carbons (Fsp3) is 0.591. The number of ether oxygens (including phenoxy) is 1. The Balaban J connectivity index is 1.41. The molecule has 0 spiro atoms. The van der Waals surface area contributed by atoms with Crippen LogP contribution in [0.25, 0.3) is 10.9 Å². The van der Waals surface area contributed by atoms with Gasteiger partial charge in [-0.25, -0.2) is 0 Å². The highest BCUT2D eigenvalue weighted by Gasteiger charge is 2.32. The van der Waals surface area contributed by atoms with E-state index in [1.807, 2.05) is 18.2 Å². The first-order chi connectivity index (χ1) is 13.3. The lowest BCUT2D eigenvalue weighted by atomic mass is 9.83. The van der Waals surface area contributed by atoms with Gasteiger partial charge in [0.1, 0.15) is 0 Å². The van der Waals surface area contributed by atoms with Gasteiger partial charge in [0.25, 0.3) is 5.91 Å². The van der Waals surface area contributed by atoms with Crippen molar-refractivity contribution in [3.63, 3.8) is 0 Å². The summed E-state index contributed by atoms with van der Waals surface area (Å²) in [6, 6.07) is 8.74. The number of fused-ring (bicyclic) bond motifs is 2. The molecule has 0 aliphatic carbocycles. The van der Waals surface area contributed by atoms with Crippen LogP contribution in [0.3, 0.4) is 0 Å². The first kappa shape index (κ1) is 18.5. The Morgan fingerprint density at radius 3 is 2.96 bits per heavy atom. The molecular formula is C22H31N3O2. The molecule has 5 heteroatoms. The number of amides is 1. The molecular weight excluding hydrogens is 338 g/mol. The standard InChI is InChI=1S/C22H31N3O2/c1-27-14-13-25-12-9-17-7-8-18(15-21(17)25)22(26)23-16-19-5-4-11-24-10-3-2-6-20(19)24/h7-9,12,15,19-20H,2-6,10-11,13-14,16H2,1H3,(H,23,26). The van der Waals surface area contributed by atoms with Crippen LogP contribution in [-0.4, -0.2) is 54.8 Å². The van der Waals surface area contributed by atoms with Gasteiger partial charge in [-0.05, 0) is 68.3 Å². The summed E-state index contributed by atoms with van der Waals surface area (Å²) in [7, 11) is 1.71. The molecule has 2 aliphatic heterocycles. The number of nitrogens with zero attached hydrogens (tertiary/aromatic N) is 2. The number of hydrogen-bond acceptors (Lipinski definition) is 3. The van der Waals surface area contributed by atoms with E-state index in [0.29, 0.717) is 18.6 Å². The summed E-state index contributed by atoms with van der Waals surface area (Å²) in [6.07, 6.45) is 8.51. The van der Waals surface area contributed by atoms with E-state index in [0.717, 1.165) is 29.6 Å². The Bertz CT molecular complexity index is 783. The minimum absolute atomic E-state index is 0.0457. The number of aromatic nitrogens is 1. The Kier molecular flexibility index (Phi) is 5.79. The van der Waals surface area contributed by atoms with Gasteiger partial charge in [-0.1, -0.05) is 12.5 Å². The lowest BCUT2D eigenvalue weighted by molar-refractivity contribution is 0.0575. The lowest BCUT2D eigenvalue weighted by Crippen LogP contribution is -2.51. The van der Waals surface area contributed by atoms with Crippen LogP contribution in [0.5, 0.6) is 0 Å². The highest BCUT2D eigenvalue weighted by atomic mass is 16.5. The molecule has 2 aromatic rings. The van der Waals surface area contributed by atoms with Gasteiger partial charge in [0.05, 0.1) is 6.61 Å². The van der Waals surface area contributed by atoms with Crippen molar-refractivity contribution in [2.45, 2.75) is 44.7 Å². The third kappa shape index (κ3) is 4.04. The van der Waals surface area contributed by atoms with Crippen molar-refractivity contribution >= 4 is 16.8 Å². The average Bonchev–Trinajstić information content (AvgIpc) is 3.12. The van der Waals surface area contributed by atoms with E-state index in [4.69, 9.17) is 4.74 Å². The molecule has 2 unspecified atom stereocenters. The second-order valence-electron chi connectivity index (χ2n) is 7.99. The van der Waals surface area contributed by atoms with Crippen LogP contribution in [0.2, 0.25) is 0 Å². The topological polar surface area (TPSA) is 46.5 Å². The van der Waals surface area contributed by atoms with Crippen molar-refractivity contribution in [3.05, 3.63) is 36.0 Å². The minimum Gasteiger partial charge on any atom is -0.383 e. The lowest BCUT2D eigenvalue weighted by Gasteiger charge is -2.44. The van der Waals surface area contributed by atoms with Crippen molar-refractivity contribution in [3.8, 4) is 0 Å². The fourth-order valence-corrected chi connectivity index (χ4v) is 4.85. The minimum atomic E-state index is 0.0457. The second-order valence-corrected chi connectivity index (χ2v) is 7.99. The highest BCUT2D eigenvalue weighted by molar-refractivity contribution is 5.98. The molecule has 0 saturated carbocycles. The monoisotopic (exact) mass is 369 g/mol. The second kappa shape index (κ2) is 8.44. The normalized spacial score (nSPS) is 23.3. The summed E-state index contributed by atoms with van der Waals surface area (Å²) in [5.41, 5.74) is 1.84. The van der Waals surface area contributed by atoms with E-state index in [1.54, 1.807) is 7.11 Å². The number of carbonyl (C=O) groups is 1. The molecule has 2 atom stereocenters. The molecule has 0 radical (unpaired) electrons. The summed E-state index contributed by atoms with van der Waals surface area (Å²) in [5.74, 6) is 0.640. The maximum Gasteiger partial charge on any atom is 0.251 e. The van der Waals surface area contributed by atoms with Crippen LogP contribution >= 0.6 is 0 Å². The summed E-state index contributed by atoms with van der Waals surface area (Å²) >= 11 is 0. The molecule has 1 aromatic carbocycles. The zero-order valence-electron chi connectivity index (χ0n) is 16.3. The van der Waals surface area contributed by atoms with E-state index >= 15 is 0 Å². The quantitative estimate of drug-likeness (QED) is 0.850. The summed E-state index contributed by atoms with van der Waals surface area (Å²) in [4.78, 5) is 15.4. The average molecular weight is 370 g/mol. The molecule has 2 aliphatic rings. The number of piperidine rings is 2. The number of rotatable bonds is 6. The van der Waals surface area contributed by atoms with Gasteiger partial charge >= 0.3 is 0 Å². The van der Waals surface area contributed by atoms with E-state index < -0.39 is 0 Å². The van der Waals surface area contributed by atoms with Gasteiger partial charge < -0.3 is 19.5 Å². The van der Waals surface area contributed by atoms with Crippen molar-refractivity contribution in [2.75, 3.05) is 33.4 Å². The van der Waals surface area contributed by atoms with Crippen LogP contribution in [0.1, 0.15) is 42.5 Å². The fourth-order valence-electron chi connectivity index (χ4n) is 4.85. The third-order valence-electron chi connectivity index (χ3n) is 6.33. The molecule has 3 heterocycles. The van der Waals surface area contributed by atoms with Gasteiger partial charge in [0.2, 0.25) is 0 Å². The van der Waals surface area contributed by atoms with Gasteiger partial charge in [-0.3, -0.25) is 4.79 Å². The van der Waals surface area contributed by atoms with Crippen LogP contribution in [0.15, 0.2) is 30.5 Å². The highest BCUT2D eigenvalue weighted by Crippen LogP contribution is 2.30. The number of methoxy groups -OCH3 is 1. The van der Waals surface area contributed by atoms with Crippen molar-refractivity contribution < 1.29 is 9.53 Å². The zero-order chi connectivity index (χ0) is 18.6. The zero-order valence-corrected chi connectivity index (χ0v) is 16.3. The molecule has 5 nitrogen and oxygen atoms in total. The van der Waals surface area contributed by atoms with Crippen molar-refractivity contribution in [1.29, 1.82) is 0 Å². The number of nitrogens with one attached hydrogen (secondary N) is 1. The first-order valence-corrected chi connectivity index (χ1v) is 10.4. The molecule has 146 valence electrons. The van der Waals surface area contributed by atoms with E-state index in [2.05, 4.69) is 27.0 Å². The van der Waals surface area contributed by atoms with Gasteiger partial charge in [-0.2, -0.15) is 0 Å². The third-order valence-corrected chi connectivity index (χ3v) is 6.33. The summed E-state index contributed by atoms with van der Waals surface area (Å²) in [5, 5.41) is 4.38. The van der Waals surface area contributed by atoms with Crippen LogP contribution in [0.4, 0.5) is 0 Å². The Morgan fingerprint density at radius 1 is 1.19 bits per heavy atom. The largest absolute Gasteiger partial charge is 0.383 e. The molecule has 2 fully saturated rings. The molecule has 1 N–H and O–H groups in total. The summed E-state index contributed by atoms with van der Waals surface area (Å²) in [6.45, 7) is 4.74. The van der Waals surface area contributed by atoms with E-state index in [-0.39, 0.29) is 5.91 Å². The smallest absolute Gasteiger partial charge is 0.251 e. The predicted octanol–water partition coefficient (Wildman–Crippen LogP) is 3.28. The molecule has 27 heavy (non-hydrogen) atoms. The van der Waals surface area contributed by atoms with Crippen LogP contribution < -0.4 is 5.32 Å². The predicted molar refractivity (Wildman–Crippen MR) is 108 cm³/mol. The molecule has 4 rings (SSSR count). The van der Waals surface area contributed by atoms with Crippen molar-refractivity contribution in [2.24, 2.45) is 5.92 Å². The van der Waals surface area contributed by atoms with Crippen molar-refractivity contribution in [1.82, 2.24) is 14.8 Å². The number of carbonyl (C=O) groups excluding carboxylic acids is 1. The SMILES string of the molecule is COCCn1ccc2ccc(C(=O)NCC3CCCN4CCCCC34)cc21. The Labute approximate surface area is 161 Å². The Morgan fingerprint density at radius 2 is 2.07 bits per heavy atom. The molecule has 2 saturated heterocycles. The summed E-state index contributed by atoms with van der Waals surface area (Å²) < 4.78 is 7.34.